The number of phosphoric ester groups is 1. The van der Waals surface area contributed by atoms with E-state index in [0.29, 0.717) is 5.56 Å². The minimum atomic E-state index is -5.72. The van der Waals surface area contributed by atoms with Crippen LogP contribution in [-0.4, -0.2) is 46.6 Å². The van der Waals surface area contributed by atoms with Crippen LogP contribution in [0.25, 0.3) is 0 Å². The first-order chi connectivity index (χ1) is 12.6. The maximum absolute atomic E-state index is 11.9. The van der Waals surface area contributed by atoms with Gasteiger partial charge in [-0.25, -0.2) is 18.5 Å². The number of aliphatic hydroxyl groups excluding tert-OH is 1. The summed E-state index contributed by atoms with van der Waals surface area (Å²) in [7, 11) is -16.8. The van der Waals surface area contributed by atoms with E-state index in [0.717, 1.165) is 4.57 Å². The van der Waals surface area contributed by atoms with E-state index in [1.54, 1.807) is 0 Å². The van der Waals surface area contributed by atoms with Gasteiger partial charge in [0.05, 0.1) is 0 Å². The zero-order chi connectivity index (χ0) is 21.5. The van der Waals surface area contributed by atoms with E-state index >= 15 is 0 Å². The second-order valence-electron chi connectivity index (χ2n) is 5.46. The van der Waals surface area contributed by atoms with Gasteiger partial charge in [-0.05, 0) is 6.92 Å². The number of phosphoric acid groups is 3. The lowest BCUT2D eigenvalue weighted by Gasteiger charge is -2.20. The van der Waals surface area contributed by atoms with Crippen LogP contribution in [0.1, 0.15) is 18.2 Å². The molecular weight excluding hydrogens is 451 g/mol. The van der Waals surface area contributed by atoms with Crippen molar-refractivity contribution in [3.05, 3.63) is 22.2 Å². The second-order valence-corrected chi connectivity index (χ2v) is 9.83. The van der Waals surface area contributed by atoms with Gasteiger partial charge in [0, 0.05) is 18.2 Å². The molecule has 2 rings (SSSR count). The van der Waals surface area contributed by atoms with E-state index in [1.165, 1.54) is 13.1 Å². The number of nitrogens with two attached hydrogens (primary N) is 1. The van der Waals surface area contributed by atoms with Crippen molar-refractivity contribution in [2.24, 2.45) is 0 Å². The average Bonchev–Trinajstić information content (AvgIpc) is 2.78. The van der Waals surface area contributed by atoms with E-state index in [2.05, 4.69) is 18.1 Å². The van der Waals surface area contributed by atoms with Crippen molar-refractivity contribution in [1.82, 2.24) is 9.55 Å². The number of nitrogen functional groups attached to an aromatic ring is 1. The van der Waals surface area contributed by atoms with Crippen molar-refractivity contribution in [1.29, 1.82) is 0 Å². The first kappa shape index (κ1) is 23.3. The third-order valence-corrected chi connectivity index (χ3v) is 6.99. The monoisotopic (exact) mass is 467 g/mol. The third kappa shape index (κ3) is 6.26. The van der Waals surface area contributed by atoms with Crippen molar-refractivity contribution in [3.8, 4) is 0 Å². The lowest BCUT2D eigenvalue weighted by atomic mass is 10.2. The van der Waals surface area contributed by atoms with Crippen molar-refractivity contribution in [2.75, 3.05) is 5.73 Å². The van der Waals surface area contributed by atoms with Gasteiger partial charge in [-0.1, -0.05) is 0 Å². The summed E-state index contributed by atoms with van der Waals surface area (Å²) in [4.78, 5) is 50.9. The molecule has 1 fully saturated rings. The van der Waals surface area contributed by atoms with Gasteiger partial charge in [-0.15, -0.1) is 0 Å². The Hall–Kier alpha value is -0.990. The number of rotatable bonds is 7. The molecular formula is C9H16N3O13P3. The van der Waals surface area contributed by atoms with Crippen molar-refractivity contribution in [3.63, 3.8) is 0 Å². The van der Waals surface area contributed by atoms with Crippen molar-refractivity contribution < 1.29 is 56.3 Å². The average molecular weight is 467 g/mol. The zero-order valence-corrected chi connectivity index (χ0v) is 16.5. The van der Waals surface area contributed by atoms with Crippen molar-refractivity contribution >= 4 is 29.3 Å². The molecule has 0 spiro atoms. The Morgan fingerprint density at radius 1 is 1.21 bits per heavy atom. The minimum absolute atomic E-state index is 0.0374. The van der Waals surface area contributed by atoms with E-state index in [9.17, 15) is 28.5 Å². The van der Waals surface area contributed by atoms with Gasteiger partial charge in [0.15, 0.2) is 6.29 Å². The lowest BCUT2D eigenvalue weighted by Crippen LogP contribution is -2.28. The molecule has 5 atom stereocenters. The number of hydrogen-bond donors (Lipinski definition) is 6. The van der Waals surface area contributed by atoms with Gasteiger partial charge >= 0.3 is 29.2 Å². The highest BCUT2D eigenvalue weighted by molar-refractivity contribution is 7.66. The molecule has 0 amide bonds. The fourth-order valence-corrected chi connectivity index (χ4v) is 5.22. The number of ether oxygens (including phenoxy) is 1. The largest absolute Gasteiger partial charge is 0.490 e. The first-order valence-corrected chi connectivity index (χ1v) is 11.6. The summed E-state index contributed by atoms with van der Waals surface area (Å²) in [6, 6.07) is 0. The van der Waals surface area contributed by atoms with Crippen LogP contribution < -0.4 is 11.4 Å². The smallest absolute Gasteiger partial charge is 0.388 e. The Labute approximate surface area is 155 Å². The number of anilines is 1. The summed E-state index contributed by atoms with van der Waals surface area (Å²) in [5.41, 5.74) is 5.03. The predicted octanol–water partition coefficient (Wildman–Crippen LogP) is -0.917. The fourth-order valence-electron chi connectivity index (χ4n) is 2.11. The van der Waals surface area contributed by atoms with E-state index in [-0.39, 0.29) is 12.2 Å². The molecule has 0 bridgehead atoms. The summed E-state index contributed by atoms with van der Waals surface area (Å²) in [5.74, 6) is -0.0374. The SMILES string of the molecule is Cc1cn(C2CC(O)C(OP(=O)(O)OP(=O)(O)OP(=O)(O)O)O2)c(=O)nc1N. The van der Waals surface area contributed by atoms with Crippen LogP contribution in [-0.2, 0) is 31.6 Å². The normalized spacial score (nSPS) is 27.3. The van der Waals surface area contributed by atoms with Crippen molar-refractivity contribution in [2.45, 2.75) is 32.0 Å². The van der Waals surface area contributed by atoms with E-state index in [1.807, 2.05) is 0 Å². The van der Waals surface area contributed by atoms with Crippen LogP contribution in [0.4, 0.5) is 5.82 Å². The highest BCUT2D eigenvalue weighted by Crippen LogP contribution is 2.66. The third-order valence-electron chi connectivity index (χ3n) is 3.19. The highest BCUT2D eigenvalue weighted by atomic mass is 31.3. The Bertz CT molecular complexity index is 943. The maximum atomic E-state index is 11.9. The lowest BCUT2D eigenvalue weighted by molar-refractivity contribution is -0.134. The summed E-state index contributed by atoms with van der Waals surface area (Å²) in [5, 5.41) is 9.90. The minimum Gasteiger partial charge on any atom is -0.388 e. The quantitative estimate of drug-likeness (QED) is 0.265. The molecule has 0 radical (unpaired) electrons. The molecule has 160 valence electrons. The molecule has 19 heteroatoms. The van der Waals surface area contributed by atoms with E-state index in [4.69, 9.17) is 25.2 Å². The summed E-state index contributed by atoms with van der Waals surface area (Å²) < 4.78 is 51.2. The molecule has 1 saturated heterocycles. The van der Waals surface area contributed by atoms with Crippen LogP contribution in [0.15, 0.2) is 11.0 Å². The molecule has 16 nitrogen and oxygen atoms in total. The van der Waals surface area contributed by atoms with Gasteiger partial charge in [0.25, 0.3) is 0 Å². The Kier molecular flexibility index (Phi) is 6.68. The first-order valence-electron chi connectivity index (χ1n) is 7.09. The number of hydrogen-bond acceptors (Lipinski definition) is 11. The Balaban J connectivity index is 2.12. The molecule has 1 aliphatic heterocycles. The molecule has 0 aliphatic carbocycles. The van der Waals surface area contributed by atoms with Crippen LogP contribution in [0.3, 0.4) is 0 Å². The molecule has 1 aromatic heterocycles. The number of aliphatic hydroxyl groups is 1. The van der Waals surface area contributed by atoms with Gasteiger partial charge in [-0.2, -0.15) is 13.6 Å². The topological polar surface area (TPSA) is 250 Å². The van der Waals surface area contributed by atoms with Gasteiger partial charge in [-0.3, -0.25) is 9.09 Å². The van der Waals surface area contributed by atoms with Crippen LogP contribution in [0.2, 0.25) is 0 Å². The highest BCUT2D eigenvalue weighted by Gasteiger charge is 2.46. The molecule has 7 N–H and O–H groups in total. The second kappa shape index (κ2) is 8.03. The number of aromatic nitrogens is 2. The van der Waals surface area contributed by atoms with Crippen LogP contribution in [0.5, 0.6) is 0 Å². The summed E-state index contributed by atoms with van der Waals surface area (Å²) in [6.07, 6.45) is -3.77. The number of nitrogens with zero attached hydrogens (tertiary/aromatic N) is 2. The number of aryl methyl sites for hydroxylation is 1. The zero-order valence-electron chi connectivity index (χ0n) is 13.8. The van der Waals surface area contributed by atoms with Crippen LogP contribution in [0, 0.1) is 6.92 Å². The molecule has 2 heterocycles. The van der Waals surface area contributed by atoms with Gasteiger partial charge in [0.2, 0.25) is 0 Å². The van der Waals surface area contributed by atoms with Gasteiger partial charge < -0.3 is 35.2 Å². The van der Waals surface area contributed by atoms with Crippen LogP contribution >= 0.6 is 23.5 Å². The molecule has 0 aromatic carbocycles. The van der Waals surface area contributed by atoms with Gasteiger partial charge in [0.1, 0.15) is 18.1 Å². The molecule has 0 saturated carbocycles. The predicted molar refractivity (Wildman–Crippen MR) is 87.1 cm³/mol. The Morgan fingerprint density at radius 2 is 1.82 bits per heavy atom. The summed E-state index contributed by atoms with van der Waals surface area (Å²) >= 11 is 0. The van der Waals surface area contributed by atoms with E-state index < -0.39 is 47.8 Å². The Morgan fingerprint density at radius 3 is 2.39 bits per heavy atom. The molecule has 1 aromatic rings. The molecule has 28 heavy (non-hydrogen) atoms. The standard InChI is InChI=1S/C9H16N3O13P3/c1-4-3-12(9(14)11-7(4)10)6-2-5(13)8(22-6)23-27(18,19)25-28(20,21)24-26(15,16)17/h3,5-6,8,13H,2H2,1H3,(H,18,19)(H,20,21)(H2,10,11,14)(H2,15,16,17). The molecule has 5 unspecified atom stereocenters. The maximum Gasteiger partial charge on any atom is 0.490 e. The fraction of sp³-hybridized carbons (Fsp3) is 0.556. The summed E-state index contributed by atoms with van der Waals surface area (Å²) in [6.45, 7) is 1.53. The molecule has 1 aliphatic rings.